The first-order chi connectivity index (χ1) is 15.8. The second-order valence-corrected chi connectivity index (χ2v) is 14.9. The Hall–Kier alpha value is -0.730. The van der Waals surface area contributed by atoms with Crippen LogP contribution < -0.4 is 5.32 Å². The number of fused-ring (bicyclic) bond motifs is 5. The highest BCUT2D eigenvalue weighted by Gasteiger charge is 2.60. The van der Waals surface area contributed by atoms with Crippen LogP contribution in [0.2, 0.25) is 0 Å². The van der Waals surface area contributed by atoms with Crippen molar-refractivity contribution in [2.75, 3.05) is 14.1 Å². The average molecular weight is 473 g/mol. The third-order valence-corrected chi connectivity index (χ3v) is 13.4. The lowest BCUT2D eigenvalue weighted by Gasteiger charge is -2.61. The molecular formula is C31H56N2O. The first-order valence-electron chi connectivity index (χ1n) is 14.7. The van der Waals surface area contributed by atoms with Crippen molar-refractivity contribution < 1.29 is 4.79 Å². The molecule has 0 spiro atoms. The van der Waals surface area contributed by atoms with Gasteiger partial charge in [0.15, 0.2) is 0 Å². The largest absolute Gasteiger partial charge is 0.341 e. The molecule has 3 nitrogen and oxygen atoms in total. The van der Waals surface area contributed by atoms with Crippen LogP contribution in [0.5, 0.6) is 0 Å². The standard InChI is InChI=1S/C31H56N2O/c1-21(33(9)27(34)32-8)29(4,5)28(2,3)20-23-14-16-25-24-15-13-22-12-10-11-18-30(22,6)26(24)17-19-31(23,25)7/h21-26H,10-20H2,1-9H3,(H,32,34). The van der Waals surface area contributed by atoms with Gasteiger partial charge in [-0.3, -0.25) is 0 Å². The van der Waals surface area contributed by atoms with E-state index in [1.165, 1.54) is 70.6 Å². The van der Waals surface area contributed by atoms with Crippen LogP contribution in [0.3, 0.4) is 0 Å². The Morgan fingerprint density at radius 3 is 2.29 bits per heavy atom. The Morgan fingerprint density at radius 2 is 1.62 bits per heavy atom. The molecule has 0 aliphatic heterocycles. The summed E-state index contributed by atoms with van der Waals surface area (Å²) in [4.78, 5) is 14.3. The Morgan fingerprint density at radius 1 is 0.941 bits per heavy atom. The lowest BCUT2D eigenvalue weighted by atomic mass is 9.44. The van der Waals surface area contributed by atoms with Gasteiger partial charge in [-0.1, -0.05) is 54.4 Å². The third-order valence-electron chi connectivity index (χ3n) is 13.4. The summed E-state index contributed by atoms with van der Waals surface area (Å²) in [5, 5.41) is 2.82. The minimum Gasteiger partial charge on any atom is -0.341 e. The molecule has 4 fully saturated rings. The number of hydrogen-bond acceptors (Lipinski definition) is 1. The molecule has 0 aromatic heterocycles. The van der Waals surface area contributed by atoms with E-state index < -0.39 is 0 Å². The maximum absolute atomic E-state index is 12.4. The van der Waals surface area contributed by atoms with E-state index in [1.54, 1.807) is 7.05 Å². The molecule has 0 saturated heterocycles. The molecule has 4 aliphatic rings. The van der Waals surface area contributed by atoms with E-state index in [1.807, 2.05) is 11.9 Å². The summed E-state index contributed by atoms with van der Waals surface area (Å²) in [6.07, 6.45) is 16.1. The summed E-state index contributed by atoms with van der Waals surface area (Å²) < 4.78 is 0. The second-order valence-electron chi connectivity index (χ2n) is 14.9. The van der Waals surface area contributed by atoms with Gasteiger partial charge in [0, 0.05) is 20.1 Å². The summed E-state index contributed by atoms with van der Waals surface area (Å²) in [7, 11) is 3.69. The van der Waals surface area contributed by atoms with Crippen LogP contribution in [0.4, 0.5) is 4.79 Å². The van der Waals surface area contributed by atoms with Gasteiger partial charge in [-0.15, -0.1) is 0 Å². The quantitative estimate of drug-likeness (QED) is 0.430. The van der Waals surface area contributed by atoms with Crippen molar-refractivity contribution in [2.24, 2.45) is 51.2 Å². The predicted octanol–water partition coefficient (Wildman–Crippen LogP) is 8.14. The van der Waals surface area contributed by atoms with E-state index in [2.05, 4.69) is 53.8 Å². The summed E-state index contributed by atoms with van der Waals surface area (Å²) in [6, 6.07) is 0.208. The zero-order chi connectivity index (χ0) is 25.1. The molecule has 8 unspecified atom stereocenters. The fourth-order valence-corrected chi connectivity index (χ4v) is 10.0. The van der Waals surface area contributed by atoms with Crippen molar-refractivity contribution in [3.05, 3.63) is 0 Å². The van der Waals surface area contributed by atoms with Gasteiger partial charge in [0.05, 0.1) is 0 Å². The van der Waals surface area contributed by atoms with Gasteiger partial charge in [-0.2, -0.15) is 0 Å². The Labute approximate surface area is 211 Å². The van der Waals surface area contributed by atoms with Crippen LogP contribution in [-0.4, -0.2) is 31.1 Å². The first kappa shape index (κ1) is 26.3. The lowest BCUT2D eigenvalue weighted by Crippen LogP contribution is -2.54. The molecule has 3 heteroatoms. The second kappa shape index (κ2) is 8.98. The van der Waals surface area contributed by atoms with E-state index >= 15 is 0 Å². The zero-order valence-corrected chi connectivity index (χ0v) is 24.1. The van der Waals surface area contributed by atoms with E-state index in [0.717, 1.165) is 29.6 Å². The van der Waals surface area contributed by atoms with Crippen LogP contribution in [-0.2, 0) is 0 Å². The molecule has 1 N–H and O–H groups in total. The minimum absolute atomic E-state index is 0.0226. The fraction of sp³-hybridized carbons (Fsp3) is 0.968. The molecule has 34 heavy (non-hydrogen) atoms. The molecule has 0 bridgehead atoms. The van der Waals surface area contributed by atoms with E-state index in [0.29, 0.717) is 10.8 Å². The maximum Gasteiger partial charge on any atom is 0.317 e. The summed E-state index contributed by atoms with van der Waals surface area (Å²) in [5.41, 5.74) is 1.36. The van der Waals surface area contributed by atoms with Crippen molar-refractivity contribution in [1.29, 1.82) is 0 Å². The normalized spacial score (nSPS) is 41.1. The van der Waals surface area contributed by atoms with Crippen molar-refractivity contribution in [1.82, 2.24) is 10.2 Å². The molecule has 4 aliphatic carbocycles. The van der Waals surface area contributed by atoms with Gasteiger partial charge in [0.2, 0.25) is 0 Å². The van der Waals surface area contributed by atoms with Gasteiger partial charge in [-0.25, -0.2) is 4.79 Å². The molecule has 0 aromatic carbocycles. The van der Waals surface area contributed by atoms with Gasteiger partial charge in [0.1, 0.15) is 0 Å². The molecule has 0 aromatic rings. The van der Waals surface area contributed by atoms with Crippen LogP contribution in [0, 0.1) is 51.2 Å². The van der Waals surface area contributed by atoms with E-state index in [4.69, 9.17) is 0 Å². The van der Waals surface area contributed by atoms with E-state index in [-0.39, 0.29) is 22.9 Å². The van der Waals surface area contributed by atoms with Crippen molar-refractivity contribution in [3.63, 3.8) is 0 Å². The van der Waals surface area contributed by atoms with E-state index in [9.17, 15) is 4.79 Å². The maximum atomic E-state index is 12.4. The highest BCUT2D eigenvalue weighted by molar-refractivity contribution is 5.73. The SMILES string of the molecule is CNC(=O)N(C)C(C)C(C)(C)C(C)(C)CC1CCC2C3CCC4CCCCC4(C)C3CCC12C. The number of nitrogens with zero attached hydrogens (tertiary/aromatic N) is 1. The first-order valence-corrected chi connectivity index (χ1v) is 14.7. The van der Waals surface area contributed by atoms with Gasteiger partial charge in [-0.05, 0) is 116 Å². The fourth-order valence-electron chi connectivity index (χ4n) is 10.0. The highest BCUT2D eigenvalue weighted by Crippen LogP contribution is 2.68. The number of rotatable bonds is 5. The van der Waals surface area contributed by atoms with Crippen LogP contribution in [0.1, 0.15) is 119 Å². The number of carbonyl (C=O) groups excluding carboxylic acids is 1. The van der Waals surface area contributed by atoms with Gasteiger partial charge in [0.25, 0.3) is 0 Å². The van der Waals surface area contributed by atoms with Crippen LogP contribution >= 0.6 is 0 Å². The smallest absolute Gasteiger partial charge is 0.317 e. The summed E-state index contributed by atoms with van der Waals surface area (Å²) >= 11 is 0. The summed E-state index contributed by atoms with van der Waals surface area (Å²) in [5.74, 6) is 4.76. The molecule has 4 rings (SSSR count). The Bertz CT molecular complexity index is 759. The molecule has 196 valence electrons. The number of nitrogens with one attached hydrogen (secondary N) is 1. The molecule has 0 radical (unpaired) electrons. The van der Waals surface area contributed by atoms with Crippen molar-refractivity contribution in [2.45, 2.75) is 125 Å². The monoisotopic (exact) mass is 472 g/mol. The predicted molar refractivity (Wildman–Crippen MR) is 144 cm³/mol. The average Bonchev–Trinajstić information content (AvgIpc) is 3.12. The molecule has 2 amide bonds. The highest BCUT2D eigenvalue weighted by atomic mass is 16.2. The molecular weight excluding hydrogens is 416 g/mol. The molecule has 4 saturated carbocycles. The minimum atomic E-state index is 0.0226. The number of urea groups is 1. The molecule has 8 atom stereocenters. The summed E-state index contributed by atoms with van der Waals surface area (Å²) in [6.45, 7) is 17.4. The Kier molecular flexibility index (Phi) is 6.96. The van der Waals surface area contributed by atoms with Crippen molar-refractivity contribution in [3.8, 4) is 0 Å². The topological polar surface area (TPSA) is 32.3 Å². The zero-order valence-electron chi connectivity index (χ0n) is 24.1. The Balaban J connectivity index is 1.51. The van der Waals surface area contributed by atoms with Crippen LogP contribution in [0.15, 0.2) is 0 Å². The van der Waals surface area contributed by atoms with Crippen LogP contribution in [0.25, 0.3) is 0 Å². The van der Waals surface area contributed by atoms with Gasteiger partial charge >= 0.3 is 6.03 Å². The lowest BCUT2D eigenvalue weighted by molar-refractivity contribution is -0.115. The van der Waals surface area contributed by atoms with Gasteiger partial charge < -0.3 is 10.2 Å². The number of hydrogen-bond donors (Lipinski definition) is 1. The third kappa shape index (κ3) is 3.94. The number of amides is 2. The van der Waals surface area contributed by atoms with Crippen molar-refractivity contribution >= 4 is 6.03 Å². The number of carbonyl (C=O) groups is 1. The molecule has 0 heterocycles.